The molecule has 1 atom stereocenters. The maximum Gasteiger partial charge on any atom is 0.142 e. The summed E-state index contributed by atoms with van der Waals surface area (Å²) in [6.07, 6.45) is 3.23. The zero-order valence-electron chi connectivity index (χ0n) is 9.89. The summed E-state index contributed by atoms with van der Waals surface area (Å²) >= 11 is 3.23. The van der Waals surface area contributed by atoms with Crippen LogP contribution in [0.4, 0.5) is 4.39 Å². The molecule has 0 saturated carbocycles. The van der Waals surface area contributed by atoms with Gasteiger partial charge in [0.1, 0.15) is 5.82 Å². The first kappa shape index (κ1) is 13.7. The number of hydrogen-bond donors (Lipinski definition) is 1. The van der Waals surface area contributed by atoms with E-state index in [1.807, 2.05) is 12.1 Å². The fourth-order valence-corrected chi connectivity index (χ4v) is 2.19. The first-order valence-corrected chi connectivity index (χ1v) is 6.67. The molecule has 1 aromatic rings. The van der Waals surface area contributed by atoms with Gasteiger partial charge in [-0.05, 0) is 35.0 Å². The van der Waals surface area contributed by atoms with Crippen LogP contribution in [0, 0.1) is 5.82 Å². The van der Waals surface area contributed by atoms with Crippen molar-refractivity contribution in [3.63, 3.8) is 0 Å². The Morgan fingerprint density at radius 3 is 2.75 bits per heavy atom. The van der Waals surface area contributed by atoms with Gasteiger partial charge in [-0.2, -0.15) is 0 Å². The van der Waals surface area contributed by atoms with Crippen molar-refractivity contribution in [3.05, 3.63) is 34.1 Å². The van der Waals surface area contributed by atoms with Gasteiger partial charge >= 0.3 is 0 Å². The Hall–Kier alpha value is -0.410. The van der Waals surface area contributed by atoms with Gasteiger partial charge < -0.3 is 5.32 Å². The smallest absolute Gasteiger partial charge is 0.142 e. The molecule has 0 aliphatic carbocycles. The molecule has 90 valence electrons. The van der Waals surface area contributed by atoms with Gasteiger partial charge in [0.25, 0.3) is 0 Å². The molecule has 0 bridgehead atoms. The topological polar surface area (TPSA) is 12.0 Å². The van der Waals surface area contributed by atoms with Gasteiger partial charge in [-0.15, -0.1) is 0 Å². The second kappa shape index (κ2) is 7.02. The molecule has 3 heteroatoms. The number of halogens is 2. The Kier molecular flexibility index (Phi) is 5.99. The standard InChI is InChI=1S/C13H19BrFN/c1-3-5-9-12(16-4-2)10-7-6-8-11(14)13(10)15/h6-8,12,16H,3-5,9H2,1-2H3. The number of benzene rings is 1. The molecule has 1 rings (SSSR count). The molecule has 0 spiro atoms. The largest absolute Gasteiger partial charge is 0.310 e. The van der Waals surface area contributed by atoms with Crippen molar-refractivity contribution in [2.75, 3.05) is 6.54 Å². The van der Waals surface area contributed by atoms with Crippen LogP contribution in [0.2, 0.25) is 0 Å². The summed E-state index contributed by atoms with van der Waals surface area (Å²) in [4.78, 5) is 0. The summed E-state index contributed by atoms with van der Waals surface area (Å²) in [5, 5.41) is 3.34. The van der Waals surface area contributed by atoms with Crippen LogP contribution in [-0.4, -0.2) is 6.54 Å². The summed E-state index contributed by atoms with van der Waals surface area (Å²) in [5.74, 6) is -0.135. The lowest BCUT2D eigenvalue weighted by molar-refractivity contribution is 0.468. The minimum Gasteiger partial charge on any atom is -0.310 e. The zero-order valence-corrected chi connectivity index (χ0v) is 11.5. The first-order valence-electron chi connectivity index (χ1n) is 5.88. The highest BCUT2D eigenvalue weighted by Gasteiger charge is 2.15. The molecule has 1 nitrogen and oxygen atoms in total. The number of rotatable bonds is 6. The van der Waals surface area contributed by atoms with Crippen LogP contribution in [0.3, 0.4) is 0 Å². The van der Waals surface area contributed by atoms with Crippen LogP contribution in [0.5, 0.6) is 0 Å². The van der Waals surface area contributed by atoms with Gasteiger partial charge in [0.15, 0.2) is 0 Å². The minimum atomic E-state index is -0.135. The van der Waals surface area contributed by atoms with E-state index >= 15 is 0 Å². The predicted octanol–water partition coefficient (Wildman–Crippen LogP) is 4.43. The zero-order chi connectivity index (χ0) is 12.0. The highest BCUT2D eigenvalue weighted by atomic mass is 79.9. The molecule has 0 amide bonds. The average molecular weight is 288 g/mol. The van der Waals surface area contributed by atoms with Crippen molar-refractivity contribution in [2.45, 2.75) is 39.2 Å². The summed E-state index contributed by atoms with van der Waals surface area (Å²) < 4.78 is 14.5. The predicted molar refractivity (Wildman–Crippen MR) is 70.0 cm³/mol. The molecule has 0 fully saturated rings. The second-order valence-electron chi connectivity index (χ2n) is 3.90. The second-order valence-corrected chi connectivity index (χ2v) is 4.75. The summed E-state index contributed by atoms with van der Waals surface area (Å²) in [5.41, 5.74) is 0.768. The maximum absolute atomic E-state index is 13.9. The maximum atomic E-state index is 13.9. The van der Waals surface area contributed by atoms with Gasteiger partial charge in [-0.1, -0.05) is 38.8 Å². The quantitative estimate of drug-likeness (QED) is 0.816. The van der Waals surface area contributed by atoms with Gasteiger partial charge in [-0.25, -0.2) is 4.39 Å². The highest BCUT2D eigenvalue weighted by Crippen LogP contribution is 2.26. The van der Waals surface area contributed by atoms with Crippen LogP contribution in [0.1, 0.15) is 44.7 Å². The fourth-order valence-electron chi connectivity index (χ4n) is 1.81. The van der Waals surface area contributed by atoms with E-state index < -0.39 is 0 Å². The third-order valence-electron chi connectivity index (χ3n) is 2.65. The van der Waals surface area contributed by atoms with Crippen molar-refractivity contribution in [1.29, 1.82) is 0 Å². The highest BCUT2D eigenvalue weighted by molar-refractivity contribution is 9.10. The summed E-state index contributed by atoms with van der Waals surface area (Å²) in [7, 11) is 0. The molecule has 0 radical (unpaired) electrons. The molecule has 1 unspecified atom stereocenters. The van der Waals surface area contributed by atoms with Crippen molar-refractivity contribution in [1.82, 2.24) is 5.32 Å². The van der Waals surface area contributed by atoms with Gasteiger partial charge in [0.2, 0.25) is 0 Å². The molecule has 0 aliphatic rings. The molecular weight excluding hydrogens is 269 g/mol. The van der Waals surface area contributed by atoms with Crippen molar-refractivity contribution in [3.8, 4) is 0 Å². The Morgan fingerprint density at radius 1 is 1.38 bits per heavy atom. The van der Waals surface area contributed by atoms with Crippen LogP contribution in [-0.2, 0) is 0 Å². The van der Waals surface area contributed by atoms with E-state index in [4.69, 9.17) is 0 Å². The third-order valence-corrected chi connectivity index (χ3v) is 3.27. The molecule has 0 aromatic heterocycles. The van der Waals surface area contributed by atoms with E-state index in [2.05, 4.69) is 35.1 Å². The number of hydrogen-bond acceptors (Lipinski definition) is 1. The van der Waals surface area contributed by atoms with E-state index in [0.717, 1.165) is 31.4 Å². The van der Waals surface area contributed by atoms with Crippen LogP contribution < -0.4 is 5.32 Å². The van der Waals surface area contributed by atoms with Crippen molar-refractivity contribution < 1.29 is 4.39 Å². The van der Waals surface area contributed by atoms with Crippen molar-refractivity contribution >= 4 is 15.9 Å². The summed E-state index contributed by atoms with van der Waals surface area (Å²) in [6, 6.07) is 5.62. The van der Waals surface area contributed by atoms with Crippen LogP contribution in [0.15, 0.2) is 22.7 Å². The van der Waals surface area contributed by atoms with E-state index in [0.29, 0.717) is 4.47 Å². The van der Waals surface area contributed by atoms with Gasteiger partial charge in [0, 0.05) is 11.6 Å². The molecule has 0 aliphatic heterocycles. The lowest BCUT2D eigenvalue weighted by Crippen LogP contribution is -2.22. The Balaban J connectivity index is 2.86. The third kappa shape index (κ3) is 3.56. The molecular formula is C13H19BrFN. The van der Waals surface area contributed by atoms with Crippen LogP contribution >= 0.6 is 15.9 Å². The SMILES string of the molecule is CCCCC(NCC)c1cccc(Br)c1F. The fraction of sp³-hybridized carbons (Fsp3) is 0.538. The number of unbranched alkanes of at least 4 members (excludes halogenated alkanes) is 1. The van der Waals surface area contributed by atoms with Gasteiger partial charge in [0.05, 0.1) is 4.47 Å². The lowest BCUT2D eigenvalue weighted by Gasteiger charge is -2.19. The van der Waals surface area contributed by atoms with E-state index in [1.54, 1.807) is 6.07 Å². The Labute approximate surface area is 106 Å². The van der Waals surface area contributed by atoms with E-state index in [-0.39, 0.29) is 11.9 Å². The lowest BCUT2D eigenvalue weighted by atomic mass is 10.0. The van der Waals surface area contributed by atoms with E-state index in [1.165, 1.54) is 0 Å². The first-order chi connectivity index (χ1) is 7.70. The monoisotopic (exact) mass is 287 g/mol. The average Bonchev–Trinajstić information content (AvgIpc) is 2.28. The number of nitrogens with one attached hydrogen (secondary N) is 1. The Bertz CT molecular complexity index is 328. The molecule has 0 saturated heterocycles. The van der Waals surface area contributed by atoms with Gasteiger partial charge in [-0.3, -0.25) is 0 Å². The molecule has 1 N–H and O–H groups in total. The minimum absolute atomic E-state index is 0.127. The Morgan fingerprint density at radius 2 is 2.12 bits per heavy atom. The van der Waals surface area contributed by atoms with E-state index in [9.17, 15) is 4.39 Å². The summed E-state index contributed by atoms with van der Waals surface area (Å²) in [6.45, 7) is 5.06. The molecule has 1 aromatic carbocycles. The molecule has 0 heterocycles. The molecule has 16 heavy (non-hydrogen) atoms. The van der Waals surface area contributed by atoms with Crippen LogP contribution in [0.25, 0.3) is 0 Å². The van der Waals surface area contributed by atoms with Crippen molar-refractivity contribution in [2.24, 2.45) is 0 Å². The normalized spacial score (nSPS) is 12.8.